The lowest BCUT2D eigenvalue weighted by molar-refractivity contribution is 0.329. The lowest BCUT2D eigenvalue weighted by Crippen LogP contribution is -2.42. The Morgan fingerprint density at radius 1 is 1.16 bits per heavy atom. The summed E-state index contributed by atoms with van der Waals surface area (Å²) in [7, 11) is -1.74. The molecular weight excluding hydrogens is 340 g/mol. The molecule has 0 spiro atoms. The smallest absolute Gasteiger partial charge is 0.246 e. The summed E-state index contributed by atoms with van der Waals surface area (Å²) in [5.41, 5.74) is 2.13. The lowest BCUT2D eigenvalue weighted by atomic mass is 10.1. The van der Waals surface area contributed by atoms with Gasteiger partial charge in [-0.15, -0.1) is 0 Å². The number of hydrogen-bond acceptors (Lipinski definition) is 6. The molecular formula is C16H24N6O2S. The van der Waals surface area contributed by atoms with Crippen LogP contribution in [-0.2, 0) is 17.1 Å². The molecule has 0 aliphatic carbocycles. The summed E-state index contributed by atoms with van der Waals surface area (Å²) < 4.78 is 29.1. The van der Waals surface area contributed by atoms with Gasteiger partial charge in [0.05, 0.1) is 11.4 Å². The van der Waals surface area contributed by atoms with Gasteiger partial charge in [-0.2, -0.15) is 9.40 Å². The highest BCUT2D eigenvalue weighted by atomic mass is 32.2. The third-order valence-corrected chi connectivity index (χ3v) is 6.80. The maximum Gasteiger partial charge on any atom is 0.246 e. The zero-order valence-electron chi connectivity index (χ0n) is 15.0. The van der Waals surface area contributed by atoms with Crippen molar-refractivity contribution in [3.63, 3.8) is 0 Å². The van der Waals surface area contributed by atoms with E-state index >= 15 is 0 Å². The van der Waals surface area contributed by atoms with E-state index in [1.54, 1.807) is 29.9 Å². The van der Waals surface area contributed by atoms with Crippen molar-refractivity contribution >= 4 is 15.8 Å². The zero-order valence-corrected chi connectivity index (χ0v) is 15.8. The molecule has 2 aromatic heterocycles. The Morgan fingerprint density at radius 3 is 2.40 bits per heavy atom. The summed E-state index contributed by atoms with van der Waals surface area (Å²) >= 11 is 0. The largest absolute Gasteiger partial charge is 0.367 e. The molecule has 8 nitrogen and oxygen atoms in total. The van der Waals surface area contributed by atoms with Gasteiger partial charge in [-0.1, -0.05) is 0 Å². The molecule has 0 atom stereocenters. The molecule has 1 N–H and O–H groups in total. The fourth-order valence-electron chi connectivity index (χ4n) is 3.24. The predicted molar refractivity (Wildman–Crippen MR) is 94.9 cm³/mol. The third kappa shape index (κ3) is 3.52. The number of nitrogens with zero attached hydrogens (tertiary/aromatic N) is 5. The van der Waals surface area contributed by atoms with Crippen molar-refractivity contribution < 1.29 is 8.42 Å². The normalized spacial score (nSPS) is 17.0. The van der Waals surface area contributed by atoms with Crippen LogP contribution in [-0.4, -0.2) is 51.6 Å². The van der Waals surface area contributed by atoms with Gasteiger partial charge in [0.1, 0.15) is 17.0 Å². The fraction of sp³-hybridized carbons (Fsp3) is 0.562. The molecule has 3 rings (SSSR count). The van der Waals surface area contributed by atoms with Crippen molar-refractivity contribution in [3.05, 3.63) is 29.5 Å². The second-order valence-electron chi connectivity index (χ2n) is 6.49. The van der Waals surface area contributed by atoms with Crippen LogP contribution in [0.15, 0.2) is 17.3 Å². The van der Waals surface area contributed by atoms with E-state index in [-0.39, 0.29) is 6.04 Å². The van der Waals surface area contributed by atoms with Crippen LogP contribution < -0.4 is 5.32 Å². The fourth-order valence-corrected chi connectivity index (χ4v) is 5.11. The van der Waals surface area contributed by atoms with E-state index < -0.39 is 10.0 Å². The van der Waals surface area contributed by atoms with Crippen LogP contribution in [0.2, 0.25) is 0 Å². The molecule has 0 bridgehead atoms. The van der Waals surface area contributed by atoms with Gasteiger partial charge in [0.15, 0.2) is 0 Å². The Bertz CT molecular complexity index is 869. The van der Waals surface area contributed by atoms with E-state index in [0.29, 0.717) is 29.4 Å². The van der Waals surface area contributed by atoms with Crippen molar-refractivity contribution in [2.45, 2.75) is 44.6 Å². The number of rotatable bonds is 4. The van der Waals surface area contributed by atoms with Crippen molar-refractivity contribution in [1.82, 2.24) is 24.1 Å². The van der Waals surface area contributed by atoms with Crippen molar-refractivity contribution in [2.24, 2.45) is 7.05 Å². The minimum atomic E-state index is -3.51. The molecule has 2 aromatic rings. The summed E-state index contributed by atoms with van der Waals surface area (Å²) in [5, 5.41) is 7.61. The van der Waals surface area contributed by atoms with Crippen LogP contribution in [0.4, 0.5) is 5.82 Å². The first kappa shape index (κ1) is 17.8. The highest BCUT2D eigenvalue weighted by Gasteiger charge is 2.33. The Balaban J connectivity index is 1.69. The minimum Gasteiger partial charge on any atom is -0.367 e. The summed E-state index contributed by atoms with van der Waals surface area (Å²) in [4.78, 5) is 8.63. The topological polar surface area (TPSA) is 93.0 Å². The first-order valence-corrected chi connectivity index (χ1v) is 9.78. The molecule has 1 fully saturated rings. The van der Waals surface area contributed by atoms with Crippen LogP contribution >= 0.6 is 0 Å². The first-order valence-electron chi connectivity index (χ1n) is 8.34. The average molecular weight is 364 g/mol. The number of anilines is 1. The van der Waals surface area contributed by atoms with E-state index in [2.05, 4.69) is 20.4 Å². The van der Waals surface area contributed by atoms with Gasteiger partial charge >= 0.3 is 0 Å². The monoisotopic (exact) mass is 364 g/mol. The maximum atomic E-state index is 13.0. The number of piperidine rings is 1. The summed E-state index contributed by atoms with van der Waals surface area (Å²) in [6, 6.07) is 2.10. The molecule has 136 valence electrons. The number of nitrogens with one attached hydrogen (secondary N) is 1. The number of sulfonamides is 1. The van der Waals surface area contributed by atoms with E-state index in [9.17, 15) is 8.42 Å². The Morgan fingerprint density at radius 2 is 1.84 bits per heavy atom. The summed E-state index contributed by atoms with van der Waals surface area (Å²) in [6.07, 6.45) is 3.01. The van der Waals surface area contributed by atoms with E-state index in [0.717, 1.165) is 24.4 Å². The van der Waals surface area contributed by atoms with Crippen LogP contribution in [0.25, 0.3) is 0 Å². The highest BCUT2D eigenvalue weighted by Crippen LogP contribution is 2.26. The standard InChI is InChI=1S/C16H24N6O2S/c1-11-9-15(18-10-17-11)19-14-5-7-22(8-6-14)25(23,24)16-12(2)20-21(4)13(16)3/h9-10,14H,5-8H2,1-4H3,(H,17,18,19). The molecule has 1 aliphatic heterocycles. The van der Waals surface area contributed by atoms with Crippen LogP contribution in [0.3, 0.4) is 0 Å². The molecule has 0 saturated carbocycles. The SMILES string of the molecule is Cc1cc(NC2CCN(S(=O)(=O)c3c(C)nn(C)c3C)CC2)ncn1. The summed E-state index contributed by atoms with van der Waals surface area (Å²) in [5.74, 6) is 0.785. The molecule has 1 aliphatic rings. The van der Waals surface area contributed by atoms with Crippen molar-refractivity contribution in [3.8, 4) is 0 Å². The number of aromatic nitrogens is 4. The second kappa shape index (κ2) is 6.72. The second-order valence-corrected chi connectivity index (χ2v) is 8.37. The van der Waals surface area contributed by atoms with Crippen molar-refractivity contribution in [2.75, 3.05) is 18.4 Å². The van der Waals surface area contributed by atoms with Gasteiger partial charge in [0.25, 0.3) is 0 Å². The average Bonchev–Trinajstić information content (AvgIpc) is 2.81. The molecule has 9 heteroatoms. The molecule has 0 amide bonds. The summed E-state index contributed by atoms with van der Waals surface area (Å²) in [6.45, 7) is 6.42. The first-order chi connectivity index (χ1) is 11.8. The third-order valence-electron chi connectivity index (χ3n) is 4.65. The van der Waals surface area contributed by atoms with Gasteiger partial charge in [0.2, 0.25) is 10.0 Å². The Hall–Kier alpha value is -2.00. The van der Waals surface area contributed by atoms with Gasteiger partial charge in [0, 0.05) is 37.9 Å². The molecule has 0 unspecified atom stereocenters. The van der Waals surface area contributed by atoms with Crippen molar-refractivity contribution in [1.29, 1.82) is 0 Å². The Kier molecular flexibility index (Phi) is 4.79. The molecule has 0 radical (unpaired) electrons. The lowest BCUT2D eigenvalue weighted by Gasteiger charge is -2.31. The minimum absolute atomic E-state index is 0.205. The molecule has 3 heterocycles. The van der Waals surface area contributed by atoms with Gasteiger partial charge < -0.3 is 5.32 Å². The highest BCUT2D eigenvalue weighted by molar-refractivity contribution is 7.89. The predicted octanol–water partition coefficient (Wildman–Crippen LogP) is 1.40. The van der Waals surface area contributed by atoms with E-state index in [1.165, 1.54) is 6.33 Å². The zero-order chi connectivity index (χ0) is 18.2. The van der Waals surface area contributed by atoms with E-state index in [1.807, 2.05) is 13.0 Å². The van der Waals surface area contributed by atoms with E-state index in [4.69, 9.17) is 0 Å². The maximum absolute atomic E-state index is 13.0. The molecule has 0 aromatic carbocycles. The number of hydrogen-bond donors (Lipinski definition) is 1. The Labute approximate surface area is 148 Å². The van der Waals surface area contributed by atoms with Crippen LogP contribution in [0.5, 0.6) is 0 Å². The van der Waals surface area contributed by atoms with Gasteiger partial charge in [-0.25, -0.2) is 18.4 Å². The number of aryl methyl sites for hydroxylation is 3. The molecule has 25 heavy (non-hydrogen) atoms. The van der Waals surface area contributed by atoms with Crippen LogP contribution in [0.1, 0.15) is 29.9 Å². The van der Waals surface area contributed by atoms with Crippen LogP contribution in [0, 0.1) is 20.8 Å². The van der Waals surface area contributed by atoms with Gasteiger partial charge in [-0.05, 0) is 33.6 Å². The van der Waals surface area contributed by atoms with Gasteiger partial charge in [-0.3, -0.25) is 4.68 Å². The quantitative estimate of drug-likeness (QED) is 0.881. The molecule has 1 saturated heterocycles.